The molecule has 0 radical (unpaired) electrons. The van der Waals surface area contributed by atoms with Gasteiger partial charge in [-0.05, 0) is 44.3 Å². The first-order chi connectivity index (χ1) is 14.8. The molecule has 2 aromatic rings. The molecular formula is C25H28FN5. The molecule has 0 aliphatic rings. The van der Waals surface area contributed by atoms with Crippen molar-refractivity contribution in [2.45, 2.75) is 13.8 Å². The summed E-state index contributed by atoms with van der Waals surface area (Å²) in [4.78, 5) is 10.3. The number of halogens is 1. The molecular weight excluding hydrogens is 389 g/mol. The molecule has 0 saturated carbocycles. The van der Waals surface area contributed by atoms with Gasteiger partial charge in [0.1, 0.15) is 5.82 Å². The monoisotopic (exact) mass is 417 g/mol. The predicted octanol–water partition coefficient (Wildman–Crippen LogP) is 5.69. The van der Waals surface area contributed by atoms with Crippen LogP contribution in [0.25, 0.3) is 5.70 Å². The first kappa shape index (κ1) is 23.5. The molecule has 1 heterocycles. The summed E-state index contributed by atoms with van der Waals surface area (Å²) in [7, 11) is 3.69. The molecule has 0 spiro atoms. The Balaban J connectivity index is 2.37. The van der Waals surface area contributed by atoms with E-state index in [1.165, 1.54) is 6.07 Å². The molecule has 0 unspecified atom stereocenters. The fraction of sp³-hybridized carbons (Fsp3) is 0.160. The van der Waals surface area contributed by atoms with Crippen molar-refractivity contribution in [3.8, 4) is 0 Å². The SMILES string of the molecule is C=C/C=C(\C=C/N(C)C(=C)c1ccc(C)c(F)c1)C(/C=C\N=C)=N/c1cc(C)nn1C. The van der Waals surface area contributed by atoms with Gasteiger partial charge in [0.05, 0.1) is 11.4 Å². The number of benzene rings is 1. The average molecular weight is 418 g/mol. The van der Waals surface area contributed by atoms with Gasteiger partial charge >= 0.3 is 0 Å². The van der Waals surface area contributed by atoms with Crippen LogP contribution in [-0.2, 0) is 7.05 Å². The van der Waals surface area contributed by atoms with Gasteiger partial charge in [-0.15, -0.1) is 0 Å². The fourth-order valence-corrected chi connectivity index (χ4v) is 2.76. The van der Waals surface area contributed by atoms with E-state index in [9.17, 15) is 4.39 Å². The standard InChI is InChI=1S/C25H28FN5/c1-8-9-21(24(12-14-27-5)28-25-16-19(3)29-31(25)7)13-15-30(6)20(4)22-11-10-18(2)23(26)17-22/h8-17H,1,4-5H2,2-3,6-7H3/b14-12-,15-13-,21-9+,28-24+. The van der Waals surface area contributed by atoms with E-state index in [0.717, 1.165) is 11.3 Å². The summed E-state index contributed by atoms with van der Waals surface area (Å²) in [6.45, 7) is 15.0. The summed E-state index contributed by atoms with van der Waals surface area (Å²) < 4.78 is 15.6. The Morgan fingerprint density at radius 3 is 2.55 bits per heavy atom. The fourth-order valence-electron chi connectivity index (χ4n) is 2.76. The van der Waals surface area contributed by atoms with Crippen LogP contribution >= 0.6 is 0 Å². The highest BCUT2D eigenvalue weighted by molar-refractivity contribution is 6.11. The number of hydrogen-bond acceptors (Lipinski definition) is 4. The number of aromatic nitrogens is 2. The van der Waals surface area contributed by atoms with Crippen molar-refractivity contribution in [1.29, 1.82) is 0 Å². The lowest BCUT2D eigenvalue weighted by molar-refractivity contribution is 0.614. The predicted molar refractivity (Wildman–Crippen MR) is 129 cm³/mol. The maximum atomic E-state index is 13.9. The number of aliphatic imine (C=N–C) groups is 2. The van der Waals surface area contributed by atoms with E-state index in [1.807, 2.05) is 56.4 Å². The first-order valence-electron chi connectivity index (χ1n) is 9.68. The van der Waals surface area contributed by atoms with Crippen LogP contribution in [0.15, 0.2) is 89.7 Å². The molecule has 0 fully saturated rings. The molecule has 0 bridgehead atoms. The second-order valence-corrected chi connectivity index (χ2v) is 6.96. The van der Waals surface area contributed by atoms with Crippen molar-refractivity contribution in [2.24, 2.45) is 17.0 Å². The maximum absolute atomic E-state index is 13.9. The number of allylic oxidation sites excluding steroid dienone is 5. The zero-order chi connectivity index (χ0) is 23.0. The second-order valence-electron chi connectivity index (χ2n) is 6.96. The van der Waals surface area contributed by atoms with Crippen molar-refractivity contribution < 1.29 is 4.39 Å². The van der Waals surface area contributed by atoms with Gasteiger partial charge in [-0.2, -0.15) is 5.10 Å². The lowest BCUT2D eigenvalue weighted by atomic mass is 10.1. The Hall–Kier alpha value is -3.80. The van der Waals surface area contributed by atoms with Crippen LogP contribution in [0.4, 0.5) is 10.2 Å². The van der Waals surface area contributed by atoms with Crippen LogP contribution in [0.1, 0.15) is 16.8 Å². The molecule has 5 nitrogen and oxygen atoms in total. The summed E-state index contributed by atoms with van der Waals surface area (Å²) >= 11 is 0. The van der Waals surface area contributed by atoms with Gasteiger partial charge in [0.2, 0.25) is 0 Å². The van der Waals surface area contributed by atoms with E-state index in [2.05, 4.69) is 30.0 Å². The van der Waals surface area contributed by atoms with Crippen LogP contribution in [0.3, 0.4) is 0 Å². The number of rotatable bonds is 9. The van der Waals surface area contributed by atoms with Crippen molar-refractivity contribution in [3.05, 3.63) is 102 Å². The van der Waals surface area contributed by atoms with Gasteiger partial charge in [0, 0.05) is 49.4 Å². The van der Waals surface area contributed by atoms with E-state index in [1.54, 1.807) is 36.0 Å². The molecule has 0 atom stereocenters. The molecule has 2 rings (SSSR count). The van der Waals surface area contributed by atoms with Crippen molar-refractivity contribution in [1.82, 2.24) is 14.7 Å². The molecule has 0 aliphatic heterocycles. The summed E-state index contributed by atoms with van der Waals surface area (Å²) in [5.41, 5.74) is 4.30. The van der Waals surface area contributed by atoms with Crippen molar-refractivity contribution >= 4 is 23.9 Å². The van der Waals surface area contributed by atoms with Gasteiger partial charge in [-0.3, -0.25) is 9.67 Å². The Bertz CT molecular complexity index is 1100. The normalized spacial score (nSPS) is 12.5. The highest BCUT2D eigenvalue weighted by atomic mass is 19.1. The minimum absolute atomic E-state index is 0.258. The second kappa shape index (κ2) is 10.8. The summed E-state index contributed by atoms with van der Waals surface area (Å²) in [5, 5.41) is 4.34. The molecule has 0 aliphatic carbocycles. The molecule has 1 aromatic heterocycles. The number of hydrogen-bond donors (Lipinski definition) is 0. The van der Waals surface area contributed by atoms with Gasteiger partial charge in [-0.25, -0.2) is 9.38 Å². The van der Waals surface area contributed by atoms with Crippen LogP contribution in [0.2, 0.25) is 0 Å². The van der Waals surface area contributed by atoms with Crippen molar-refractivity contribution in [3.63, 3.8) is 0 Å². The average Bonchev–Trinajstić information content (AvgIpc) is 3.06. The quantitative estimate of drug-likeness (QED) is 0.389. The molecule has 160 valence electrons. The maximum Gasteiger partial charge on any atom is 0.151 e. The smallest absolute Gasteiger partial charge is 0.151 e. The first-order valence-corrected chi connectivity index (χ1v) is 9.68. The van der Waals surface area contributed by atoms with Gasteiger partial charge in [0.25, 0.3) is 0 Å². The highest BCUT2D eigenvalue weighted by Gasteiger charge is 2.08. The zero-order valence-corrected chi connectivity index (χ0v) is 18.5. The lowest BCUT2D eigenvalue weighted by Gasteiger charge is -2.18. The van der Waals surface area contributed by atoms with Crippen LogP contribution in [0, 0.1) is 19.7 Å². The number of nitrogens with zero attached hydrogens (tertiary/aromatic N) is 5. The van der Waals surface area contributed by atoms with Crippen LogP contribution < -0.4 is 0 Å². The number of aryl methyl sites for hydroxylation is 3. The minimum atomic E-state index is -0.258. The Kier molecular flexibility index (Phi) is 8.20. The summed E-state index contributed by atoms with van der Waals surface area (Å²) in [5.74, 6) is 0.448. The highest BCUT2D eigenvalue weighted by Crippen LogP contribution is 2.20. The molecule has 0 N–H and O–H groups in total. The van der Waals surface area contributed by atoms with Crippen LogP contribution in [-0.4, -0.2) is 34.2 Å². The summed E-state index contributed by atoms with van der Waals surface area (Å²) in [6, 6.07) is 6.97. The third-order valence-electron chi connectivity index (χ3n) is 4.55. The molecule has 0 amide bonds. The third kappa shape index (κ3) is 6.34. The van der Waals surface area contributed by atoms with Crippen LogP contribution in [0.5, 0.6) is 0 Å². The van der Waals surface area contributed by atoms with Crippen molar-refractivity contribution in [2.75, 3.05) is 7.05 Å². The van der Waals surface area contributed by atoms with E-state index < -0.39 is 0 Å². The summed E-state index contributed by atoms with van der Waals surface area (Å²) in [6.07, 6.45) is 10.6. The topological polar surface area (TPSA) is 45.8 Å². The molecule has 0 saturated heterocycles. The Morgan fingerprint density at radius 2 is 1.97 bits per heavy atom. The Labute approximate surface area is 183 Å². The third-order valence-corrected chi connectivity index (χ3v) is 4.55. The van der Waals surface area contributed by atoms with E-state index >= 15 is 0 Å². The largest absolute Gasteiger partial charge is 0.351 e. The Morgan fingerprint density at radius 1 is 1.23 bits per heavy atom. The van der Waals surface area contributed by atoms with E-state index in [4.69, 9.17) is 4.99 Å². The van der Waals surface area contributed by atoms with E-state index in [0.29, 0.717) is 28.4 Å². The zero-order valence-electron chi connectivity index (χ0n) is 18.5. The molecule has 1 aromatic carbocycles. The molecule has 31 heavy (non-hydrogen) atoms. The lowest BCUT2D eigenvalue weighted by Crippen LogP contribution is -2.09. The van der Waals surface area contributed by atoms with Gasteiger partial charge in [-0.1, -0.05) is 37.4 Å². The minimum Gasteiger partial charge on any atom is -0.351 e. The van der Waals surface area contributed by atoms with Gasteiger partial charge < -0.3 is 4.90 Å². The van der Waals surface area contributed by atoms with E-state index in [-0.39, 0.29) is 5.82 Å². The molecule has 6 heteroatoms. The van der Waals surface area contributed by atoms with Gasteiger partial charge in [0.15, 0.2) is 5.82 Å².